The van der Waals surface area contributed by atoms with Gasteiger partial charge in [-0.1, -0.05) is 24.3 Å². The van der Waals surface area contributed by atoms with Crippen molar-refractivity contribution in [2.75, 3.05) is 0 Å². The Morgan fingerprint density at radius 1 is 1.40 bits per heavy atom. The van der Waals surface area contributed by atoms with Crippen LogP contribution in [-0.4, -0.2) is 5.84 Å². The molecule has 1 aromatic carbocycles. The fourth-order valence-corrected chi connectivity index (χ4v) is 1.11. The lowest BCUT2D eigenvalue weighted by Gasteiger charge is -2.00. The Labute approximate surface area is 62.2 Å². The normalized spacial score (nSPS) is 9.30. The van der Waals surface area contributed by atoms with E-state index >= 15 is 0 Å². The van der Waals surface area contributed by atoms with Gasteiger partial charge in [0, 0.05) is 5.56 Å². The molecule has 1 atom stereocenters. The summed E-state index contributed by atoms with van der Waals surface area (Å²) in [6, 6.07) is 7.51. The number of benzene rings is 1. The maximum absolute atomic E-state index is 7.14. The Balaban J connectivity index is 3.15. The molecule has 0 fully saturated rings. The van der Waals surface area contributed by atoms with Gasteiger partial charge in [0.2, 0.25) is 0 Å². The zero-order valence-electron chi connectivity index (χ0n) is 5.46. The molecule has 0 bridgehead atoms. The van der Waals surface area contributed by atoms with Crippen molar-refractivity contribution in [1.82, 2.24) is 0 Å². The van der Waals surface area contributed by atoms with E-state index in [4.69, 9.17) is 11.1 Å². The van der Waals surface area contributed by atoms with Gasteiger partial charge in [-0.25, -0.2) is 0 Å². The first-order valence-electron chi connectivity index (χ1n) is 2.90. The van der Waals surface area contributed by atoms with Gasteiger partial charge in [-0.3, -0.25) is 5.41 Å². The van der Waals surface area contributed by atoms with Gasteiger partial charge in [0.15, 0.2) is 0 Å². The SMILES string of the molecule is N=C(N)c1ccccc1P. The van der Waals surface area contributed by atoms with Gasteiger partial charge >= 0.3 is 0 Å². The molecule has 0 saturated heterocycles. The minimum atomic E-state index is 0.116. The third-order valence-electron chi connectivity index (χ3n) is 1.25. The summed E-state index contributed by atoms with van der Waals surface area (Å²) in [7, 11) is 2.53. The second-order valence-electron chi connectivity index (χ2n) is 2.00. The minimum absolute atomic E-state index is 0.116. The Kier molecular flexibility index (Phi) is 2.03. The number of nitrogen functional groups attached to an aromatic ring is 1. The van der Waals surface area contributed by atoms with Crippen LogP contribution in [0.15, 0.2) is 24.3 Å². The molecule has 1 aromatic rings. The highest BCUT2D eigenvalue weighted by atomic mass is 31.0. The molecule has 0 heterocycles. The van der Waals surface area contributed by atoms with Gasteiger partial charge in [0.1, 0.15) is 5.84 Å². The molecule has 0 aliphatic heterocycles. The van der Waals surface area contributed by atoms with Crippen molar-refractivity contribution in [2.45, 2.75) is 0 Å². The first-order valence-corrected chi connectivity index (χ1v) is 3.48. The van der Waals surface area contributed by atoms with Crippen LogP contribution in [0.4, 0.5) is 0 Å². The molecule has 0 aliphatic carbocycles. The van der Waals surface area contributed by atoms with Crippen molar-refractivity contribution >= 4 is 20.4 Å². The maximum atomic E-state index is 7.14. The third kappa shape index (κ3) is 1.34. The van der Waals surface area contributed by atoms with Crippen molar-refractivity contribution < 1.29 is 0 Å². The van der Waals surface area contributed by atoms with Crippen LogP contribution >= 0.6 is 9.24 Å². The summed E-state index contributed by atoms with van der Waals surface area (Å²) in [5, 5.41) is 8.11. The average Bonchev–Trinajstić information content (AvgIpc) is 1.88. The van der Waals surface area contributed by atoms with Gasteiger partial charge < -0.3 is 5.73 Å². The molecule has 10 heavy (non-hydrogen) atoms. The number of amidine groups is 1. The Morgan fingerprint density at radius 2 is 2.00 bits per heavy atom. The van der Waals surface area contributed by atoms with E-state index < -0.39 is 0 Å². The highest BCUT2D eigenvalue weighted by Crippen LogP contribution is 1.98. The Bertz CT molecular complexity index is 258. The van der Waals surface area contributed by atoms with Crippen LogP contribution in [0.1, 0.15) is 5.56 Å². The number of rotatable bonds is 1. The molecule has 0 aliphatic rings. The van der Waals surface area contributed by atoms with Gasteiger partial charge in [0.05, 0.1) is 0 Å². The van der Waals surface area contributed by atoms with Crippen LogP contribution in [0.2, 0.25) is 0 Å². The molecular weight excluding hydrogens is 143 g/mol. The van der Waals surface area contributed by atoms with E-state index in [0.29, 0.717) is 0 Å². The minimum Gasteiger partial charge on any atom is -0.384 e. The molecule has 0 aromatic heterocycles. The highest BCUT2D eigenvalue weighted by Gasteiger charge is 1.97. The van der Waals surface area contributed by atoms with E-state index in [1.54, 1.807) is 0 Å². The summed E-state index contributed by atoms with van der Waals surface area (Å²) >= 11 is 0. The summed E-state index contributed by atoms with van der Waals surface area (Å²) < 4.78 is 0. The Hall–Kier alpha value is -0.880. The van der Waals surface area contributed by atoms with Crippen molar-refractivity contribution in [3.63, 3.8) is 0 Å². The van der Waals surface area contributed by atoms with E-state index in [9.17, 15) is 0 Å². The third-order valence-corrected chi connectivity index (χ3v) is 1.75. The number of nitrogens with two attached hydrogens (primary N) is 1. The molecule has 3 heteroatoms. The second-order valence-corrected chi connectivity index (χ2v) is 2.62. The average molecular weight is 152 g/mol. The van der Waals surface area contributed by atoms with Crippen LogP contribution in [0.3, 0.4) is 0 Å². The topological polar surface area (TPSA) is 49.9 Å². The molecule has 0 spiro atoms. The summed E-state index contributed by atoms with van der Waals surface area (Å²) in [5.74, 6) is 0.116. The first kappa shape index (κ1) is 7.23. The molecule has 3 N–H and O–H groups in total. The van der Waals surface area contributed by atoms with E-state index in [-0.39, 0.29) is 5.84 Å². The smallest absolute Gasteiger partial charge is 0.123 e. The summed E-state index contributed by atoms with van der Waals surface area (Å²) in [6.45, 7) is 0. The number of hydrogen-bond donors (Lipinski definition) is 2. The van der Waals surface area contributed by atoms with E-state index in [2.05, 4.69) is 9.24 Å². The maximum Gasteiger partial charge on any atom is 0.123 e. The lowest BCUT2D eigenvalue weighted by molar-refractivity contribution is 1.44. The molecule has 1 rings (SSSR count). The van der Waals surface area contributed by atoms with Crippen LogP contribution in [0, 0.1) is 5.41 Å². The molecule has 2 nitrogen and oxygen atoms in total. The lowest BCUT2D eigenvalue weighted by atomic mass is 10.2. The van der Waals surface area contributed by atoms with Crippen LogP contribution < -0.4 is 11.0 Å². The van der Waals surface area contributed by atoms with Gasteiger partial charge in [-0.2, -0.15) is 0 Å². The molecule has 0 saturated carbocycles. The first-order chi connectivity index (χ1) is 4.72. The predicted octanol–water partition coefficient (Wildman–Crippen LogP) is 0.471. The van der Waals surface area contributed by atoms with Crippen molar-refractivity contribution in [3.8, 4) is 0 Å². The van der Waals surface area contributed by atoms with Crippen molar-refractivity contribution in [1.29, 1.82) is 5.41 Å². The molecule has 1 unspecified atom stereocenters. The number of hydrogen-bond acceptors (Lipinski definition) is 1. The van der Waals surface area contributed by atoms with Crippen LogP contribution in [0.25, 0.3) is 0 Å². The second kappa shape index (κ2) is 2.80. The van der Waals surface area contributed by atoms with E-state index in [1.165, 1.54) is 0 Å². The standard InChI is InChI=1S/C7H9N2P/c8-7(9)5-3-1-2-4-6(5)10/h1-4H,10H2,(H3,8,9). The number of nitrogens with one attached hydrogen (secondary N) is 1. The molecule has 0 radical (unpaired) electrons. The van der Waals surface area contributed by atoms with E-state index in [1.807, 2.05) is 24.3 Å². The highest BCUT2D eigenvalue weighted by molar-refractivity contribution is 7.27. The van der Waals surface area contributed by atoms with Gasteiger partial charge in [0.25, 0.3) is 0 Å². The summed E-state index contributed by atoms with van der Waals surface area (Å²) in [5.41, 5.74) is 6.07. The van der Waals surface area contributed by atoms with Crippen molar-refractivity contribution in [2.24, 2.45) is 5.73 Å². The van der Waals surface area contributed by atoms with Gasteiger partial charge in [-0.05, 0) is 5.30 Å². The van der Waals surface area contributed by atoms with Crippen LogP contribution in [0.5, 0.6) is 0 Å². The van der Waals surface area contributed by atoms with Crippen LogP contribution in [-0.2, 0) is 0 Å². The molecule has 52 valence electrons. The van der Waals surface area contributed by atoms with E-state index in [0.717, 1.165) is 10.9 Å². The predicted molar refractivity (Wildman–Crippen MR) is 46.8 cm³/mol. The largest absolute Gasteiger partial charge is 0.384 e. The zero-order chi connectivity index (χ0) is 7.56. The lowest BCUT2D eigenvalue weighted by Crippen LogP contribution is -2.17. The molecular formula is C7H9N2P. The molecule has 0 amide bonds. The van der Waals surface area contributed by atoms with Gasteiger partial charge in [-0.15, -0.1) is 9.24 Å². The monoisotopic (exact) mass is 152 g/mol. The summed E-state index contributed by atoms with van der Waals surface area (Å²) in [4.78, 5) is 0. The van der Waals surface area contributed by atoms with Crippen molar-refractivity contribution in [3.05, 3.63) is 29.8 Å². The Morgan fingerprint density at radius 3 is 2.40 bits per heavy atom. The quantitative estimate of drug-likeness (QED) is 0.343. The summed E-state index contributed by atoms with van der Waals surface area (Å²) in [6.07, 6.45) is 0. The fourth-order valence-electron chi connectivity index (χ4n) is 0.742. The fraction of sp³-hybridized carbons (Fsp3) is 0. The zero-order valence-corrected chi connectivity index (χ0v) is 6.62.